The van der Waals surface area contributed by atoms with Gasteiger partial charge in [0, 0.05) is 23.3 Å². The summed E-state index contributed by atoms with van der Waals surface area (Å²) < 4.78 is 0. The lowest BCUT2D eigenvalue weighted by Crippen LogP contribution is -2.47. The lowest BCUT2D eigenvalue weighted by Gasteiger charge is -2.46. The second-order valence-corrected chi connectivity index (χ2v) is 6.70. The molecule has 1 saturated carbocycles. The fraction of sp³-hybridized carbons (Fsp3) is 0.647. The molecule has 0 bridgehead atoms. The van der Waals surface area contributed by atoms with E-state index < -0.39 is 0 Å². The van der Waals surface area contributed by atoms with Crippen LogP contribution in [0, 0.1) is 5.92 Å². The maximum Gasteiger partial charge on any atom is 0.0426 e. The summed E-state index contributed by atoms with van der Waals surface area (Å²) >= 11 is 6.25. The second kappa shape index (κ2) is 6.36. The highest BCUT2D eigenvalue weighted by atomic mass is 35.5. The van der Waals surface area contributed by atoms with Crippen molar-refractivity contribution in [1.29, 1.82) is 0 Å². The molecule has 1 saturated heterocycles. The zero-order valence-corrected chi connectivity index (χ0v) is 12.9. The van der Waals surface area contributed by atoms with Gasteiger partial charge in [-0.05, 0) is 62.3 Å². The molecule has 0 amide bonds. The van der Waals surface area contributed by atoms with Gasteiger partial charge < -0.3 is 10.6 Å². The Morgan fingerprint density at radius 3 is 2.80 bits per heavy atom. The summed E-state index contributed by atoms with van der Waals surface area (Å²) in [6.45, 7) is 1.88. The molecule has 2 fully saturated rings. The molecule has 2 aliphatic rings. The Morgan fingerprint density at radius 1 is 1.15 bits per heavy atom. The number of hydrogen-bond donors (Lipinski definition) is 1. The quantitative estimate of drug-likeness (QED) is 0.912. The molecule has 20 heavy (non-hydrogen) atoms. The fourth-order valence-electron chi connectivity index (χ4n) is 4.10. The van der Waals surface area contributed by atoms with Gasteiger partial charge in [-0.25, -0.2) is 0 Å². The van der Waals surface area contributed by atoms with E-state index in [4.69, 9.17) is 17.3 Å². The van der Waals surface area contributed by atoms with Crippen LogP contribution in [0.4, 0.5) is 5.69 Å². The molecule has 3 rings (SSSR count). The third-order valence-electron chi connectivity index (χ3n) is 5.01. The minimum atomic E-state index is 0.705. The number of hydrogen-bond acceptors (Lipinski definition) is 2. The Hall–Kier alpha value is -0.730. The summed E-state index contributed by atoms with van der Waals surface area (Å²) in [4.78, 5) is 2.64. The zero-order valence-electron chi connectivity index (χ0n) is 12.2. The first-order chi connectivity index (χ1) is 9.79. The normalized spacial score (nSPS) is 26.4. The number of rotatable bonds is 3. The van der Waals surface area contributed by atoms with E-state index in [9.17, 15) is 0 Å². The molecule has 0 aromatic heterocycles. The Bertz CT molecular complexity index is 458. The molecule has 110 valence electrons. The van der Waals surface area contributed by atoms with Crippen molar-refractivity contribution in [1.82, 2.24) is 0 Å². The van der Waals surface area contributed by atoms with Gasteiger partial charge in [0.2, 0.25) is 0 Å². The monoisotopic (exact) mass is 292 g/mol. The third-order valence-corrected chi connectivity index (χ3v) is 5.25. The average molecular weight is 293 g/mol. The predicted octanol–water partition coefficient (Wildman–Crippen LogP) is 4.00. The molecular formula is C17H25ClN2. The number of anilines is 1. The molecule has 1 aliphatic heterocycles. The van der Waals surface area contributed by atoms with E-state index >= 15 is 0 Å². The summed E-state index contributed by atoms with van der Waals surface area (Å²) in [6, 6.07) is 7.05. The minimum Gasteiger partial charge on any atom is -0.368 e. The maximum atomic E-state index is 6.25. The van der Waals surface area contributed by atoms with Crippen LogP contribution in [0.25, 0.3) is 0 Å². The van der Waals surface area contributed by atoms with Gasteiger partial charge in [-0.1, -0.05) is 30.5 Å². The molecule has 2 N–H and O–H groups in total. The van der Waals surface area contributed by atoms with Gasteiger partial charge >= 0.3 is 0 Å². The minimum absolute atomic E-state index is 0.705. The van der Waals surface area contributed by atoms with Gasteiger partial charge in [0.15, 0.2) is 0 Å². The molecule has 0 spiro atoms. The van der Waals surface area contributed by atoms with Gasteiger partial charge in [-0.15, -0.1) is 0 Å². The van der Waals surface area contributed by atoms with Crippen LogP contribution in [0.5, 0.6) is 0 Å². The van der Waals surface area contributed by atoms with Crippen LogP contribution >= 0.6 is 11.6 Å². The van der Waals surface area contributed by atoms with E-state index in [1.54, 1.807) is 0 Å². The van der Waals surface area contributed by atoms with Gasteiger partial charge in [0.05, 0.1) is 0 Å². The van der Waals surface area contributed by atoms with Crippen molar-refractivity contribution in [2.45, 2.75) is 51.0 Å². The highest BCUT2D eigenvalue weighted by Gasteiger charge is 2.33. The Morgan fingerprint density at radius 2 is 1.95 bits per heavy atom. The van der Waals surface area contributed by atoms with Crippen molar-refractivity contribution < 1.29 is 0 Å². The van der Waals surface area contributed by atoms with E-state index in [1.165, 1.54) is 56.3 Å². The van der Waals surface area contributed by atoms with Crippen LogP contribution in [0.2, 0.25) is 5.02 Å². The second-order valence-electron chi connectivity index (χ2n) is 6.26. The third kappa shape index (κ3) is 2.82. The predicted molar refractivity (Wildman–Crippen MR) is 86.5 cm³/mol. The molecule has 2 atom stereocenters. The number of nitrogens with two attached hydrogens (primary N) is 1. The highest BCUT2D eigenvalue weighted by molar-refractivity contribution is 6.30. The van der Waals surface area contributed by atoms with Crippen molar-refractivity contribution in [3.8, 4) is 0 Å². The maximum absolute atomic E-state index is 6.25. The number of benzene rings is 1. The Balaban J connectivity index is 1.91. The largest absolute Gasteiger partial charge is 0.368 e. The van der Waals surface area contributed by atoms with Gasteiger partial charge in [0.25, 0.3) is 0 Å². The van der Waals surface area contributed by atoms with Gasteiger partial charge in [0.1, 0.15) is 0 Å². The number of halogens is 1. The van der Waals surface area contributed by atoms with Crippen molar-refractivity contribution in [2.75, 3.05) is 18.0 Å². The van der Waals surface area contributed by atoms with Crippen molar-refractivity contribution in [2.24, 2.45) is 11.7 Å². The molecule has 0 radical (unpaired) electrons. The van der Waals surface area contributed by atoms with E-state index in [0.29, 0.717) is 6.54 Å². The molecule has 0 unspecified atom stereocenters. The summed E-state index contributed by atoms with van der Waals surface area (Å²) in [5.41, 5.74) is 8.49. The van der Waals surface area contributed by atoms with Crippen molar-refractivity contribution >= 4 is 17.3 Å². The zero-order chi connectivity index (χ0) is 13.9. The van der Waals surface area contributed by atoms with Gasteiger partial charge in [-0.2, -0.15) is 0 Å². The summed E-state index contributed by atoms with van der Waals surface area (Å²) in [6.07, 6.45) is 9.22. The lowest BCUT2D eigenvalue weighted by atomic mass is 9.78. The first kappa shape index (κ1) is 14.2. The number of piperidine rings is 1. The van der Waals surface area contributed by atoms with Crippen molar-refractivity contribution in [3.63, 3.8) is 0 Å². The smallest absolute Gasteiger partial charge is 0.0426 e. The van der Waals surface area contributed by atoms with Crippen LogP contribution in [0.3, 0.4) is 0 Å². The molecule has 2 nitrogen and oxygen atoms in total. The Kier molecular flexibility index (Phi) is 4.52. The molecule has 1 heterocycles. The van der Waals surface area contributed by atoms with Crippen LogP contribution in [0.15, 0.2) is 18.2 Å². The van der Waals surface area contributed by atoms with E-state index in [2.05, 4.69) is 17.0 Å². The number of fused-ring (bicyclic) bond motifs is 1. The average Bonchev–Trinajstić information content (AvgIpc) is 2.49. The highest BCUT2D eigenvalue weighted by Crippen LogP contribution is 2.39. The fourth-order valence-corrected chi connectivity index (χ4v) is 4.26. The molecule has 1 aromatic rings. The summed E-state index contributed by atoms with van der Waals surface area (Å²) in [5.74, 6) is 0.891. The van der Waals surface area contributed by atoms with Crippen LogP contribution in [-0.4, -0.2) is 19.1 Å². The number of nitrogens with zero attached hydrogens (tertiary/aromatic N) is 1. The standard InChI is InChI=1S/C17H25ClN2/c18-15-8-7-14(9-10-19)17(12-15)20-11-3-5-13-4-1-2-6-16(13)20/h7-8,12-13,16H,1-6,9-11,19H2/t13-,16-/m1/s1. The van der Waals surface area contributed by atoms with Crippen LogP contribution in [0.1, 0.15) is 44.1 Å². The SMILES string of the molecule is NCCc1ccc(Cl)cc1N1CCC[C@H]2CCCC[C@H]21. The first-order valence-corrected chi connectivity index (χ1v) is 8.42. The van der Waals surface area contributed by atoms with Crippen LogP contribution < -0.4 is 10.6 Å². The first-order valence-electron chi connectivity index (χ1n) is 8.04. The molecular weight excluding hydrogens is 268 g/mol. The van der Waals surface area contributed by atoms with Gasteiger partial charge in [-0.3, -0.25) is 0 Å². The Labute approximate surface area is 127 Å². The lowest BCUT2D eigenvalue weighted by molar-refractivity contribution is 0.243. The molecule has 1 aliphatic carbocycles. The van der Waals surface area contributed by atoms with E-state index in [1.807, 2.05) is 6.07 Å². The van der Waals surface area contributed by atoms with E-state index in [-0.39, 0.29) is 0 Å². The van der Waals surface area contributed by atoms with E-state index in [0.717, 1.165) is 23.4 Å². The molecule has 1 aromatic carbocycles. The van der Waals surface area contributed by atoms with Crippen LogP contribution in [-0.2, 0) is 6.42 Å². The summed E-state index contributed by atoms with van der Waals surface area (Å²) in [5, 5.41) is 0.846. The van der Waals surface area contributed by atoms with Crippen molar-refractivity contribution in [3.05, 3.63) is 28.8 Å². The topological polar surface area (TPSA) is 29.3 Å². The molecule has 3 heteroatoms. The summed E-state index contributed by atoms with van der Waals surface area (Å²) in [7, 11) is 0.